The van der Waals surface area contributed by atoms with Gasteiger partial charge in [-0.3, -0.25) is 9.59 Å². The van der Waals surface area contributed by atoms with Crippen LogP contribution >= 0.6 is 23.2 Å². The molecule has 3 rings (SSSR count). The molecular weight excluding hydrogens is 477 g/mol. The number of hydrazone groups is 1. The fourth-order valence-corrected chi connectivity index (χ4v) is 3.38. The first-order valence-electron chi connectivity index (χ1n) is 10.2. The third kappa shape index (κ3) is 6.73. The highest BCUT2D eigenvalue weighted by atomic mass is 35.5. The van der Waals surface area contributed by atoms with Crippen LogP contribution in [0.2, 0.25) is 10.0 Å². The van der Waals surface area contributed by atoms with Crippen molar-refractivity contribution < 1.29 is 19.1 Å². The van der Waals surface area contributed by atoms with Crippen LogP contribution in [0.25, 0.3) is 0 Å². The van der Waals surface area contributed by atoms with Crippen LogP contribution in [0, 0.1) is 13.8 Å². The van der Waals surface area contributed by atoms with Crippen molar-refractivity contribution in [2.24, 2.45) is 5.10 Å². The summed E-state index contributed by atoms with van der Waals surface area (Å²) in [6, 6.07) is 15.4. The quantitative estimate of drug-likeness (QED) is 0.320. The number of halogens is 2. The van der Waals surface area contributed by atoms with E-state index in [-0.39, 0.29) is 29.2 Å². The highest BCUT2D eigenvalue weighted by Gasteiger charge is 2.14. The lowest BCUT2D eigenvalue weighted by Gasteiger charge is -2.14. The van der Waals surface area contributed by atoms with E-state index in [0.717, 1.165) is 16.8 Å². The number of aryl methyl sites for hydroxylation is 2. The van der Waals surface area contributed by atoms with Gasteiger partial charge in [0.15, 0.2) is 18.1 Å². The highest BCUT2D eigenvalue weighted by molar-refractivity contribution is 6.32. The number of hydrogen-bond donors (Lipinski definition) is 2. The van der Waals surface area contributed by atoms with Gasteiger partial charge in [0.2, 0.25) is 0 Å². The Morgan fingerprint density at radius 3 is 2.47 bits per heavy atom. The summed E-state index contributed by atoms with van der Waals surface area (Å²) in [6.45, 7) is 3.60. The molecule has 2 N–H and O–H groups in total. The molecule has 3 aromatic rings. The minimum absolute atomic E-state index is 0.225. The van der Waals surface area contributed by atoms with Gasteiger partial charge in [0.1, 0.15) is 0 Å². The fourth-order valence-electron chi connectivity index (χ4n) is 2.98. The molecule has 0 radical (unpaired) electrons. The van der Waals surface area contributed by atoms with Crippen molar-refractivity contribution in [3.63, 3.8) is 0 Å². The molecule has 0 aliphatic rings. The monoisotopic (exact) mass is 499 g/mol. The Balaban J connectivity index is 1.64. The van der Waals surface area contributed by atoms with Gasteiger partial charge in [0.25, 0.3) is 11.8 Å². The lowest BCUT2D eigenvalue weighted by atomic mass is 10.1. The van der Waals surface area contributed by atoms with E-state index >= 15 is 0 Å². The Labute approximate surface area is 207 Å². The molecule has 0 unspecified atom stereocenters. The molecule has 0 spiro atoms. The number of benzene rings is 3. The van der Waals surface area contributed by atoms with Crippen molar-refractivity contribution in [3.8, 4) is 11.5 Å². The summed E-state index contributed by atoms with van der Waals surface area (Å²) < 4.78 is 11.0. The van der Waals surface area contributed by atoms with Gasteiger partial charge in [-0.05, 0) is 73.0 Å². The van der Waals surface area contributed by atoms with E-state index in [2.05, 4.69) is 15.8 Å². The number of anilines is 1. The van der Waals surface area contributed by atoms with Crippen molar-refractivity contribution in [2.45, 2.75) is 13.8 Å². The van der Waals surface area contributed by atoms with E-state index in [1.807, 2.05) is 32.0 Å². The summed E-state index contributed by atoms with van der Waals surface area (Å²) in [7, 11) is 1.46. The number of carbonyl (C=O) groups is 2. The predicted molar refractivity (Wildman–Crippen MR) is 135 cm³/mol. The van der Waals surface area contributed by atoms with Crippen LogP contribution in [-0.4, -0.2) is 31.7 Å². The van der Waals surface area contributed by atoms with E-state index < -0.39 is 0 Å². The summed E-state index contributed by atoms with van der Waals surface area (Å²) in [6.07, 6.45) is 1.42. The molecule has 0 atom stereocenters. The van der Waals surface area contributed by atoms with Crippen molar-refractivity contribution in [3.05, 3.63) is 86.9 Å². The first-order valence-corrected chi connectivity index (χ1v) is 11.0. The number of nitrogens with zero attached hydrogens (tertiary/aromatic N) is 1. The number of nitrogens with one attached hydrogen (secondary N) is 2. The average molecular weight is 500 g/mol. The summed E-state index contributed by atoms with van der Waals surface area (Å²) >= 11 is 12.2. The Morgan fingerprint density at radius 1 is 1.03 bits per heavy atom. The summed E-state index contributed by atoms with van der Waals surface area (Å²) in [4.78, 5) is 24.5. The molecule has 9 heteroatoms. The molecule has 0 aliphatic heterocycles. The molecule has 0 fully saturated rings. The number of ether oxygens (including phenoxy) is 2. The third-order valence-electron chi connectivity index (χ3n) is 4.75. The Hall–Kier alpha value is -3.55. The van der Waals surface area contributed by atoms with Crippen LogP contribution in [0.5, 0.6) is 11.5 Å². The zero-order chi connectivity index (χ0) is 24.7. The summed E-state index contributed by atoms with van der Waals surface area (Å²) in [5.41, 5.74) is 6.11. The largest absolute Gasteiger partial charge is 0.493 e. The molecule has 7 nitrogen and oxygen atoms in total. The van der Waals surface area contributed by atoms with Gasteiger partial charge < -0.3 is 14.8 Å². The maximum atomic E-state index is 12.4. The second kappa shape index (κ2) is 11.5. The number of amides is 2. The number of hydrogen-bond acceptors (Lipinski definition) is 5. The first-order chi connectivity index (χ1) is 16.3. The number of rotatable bonds is 8. The zero-order valence-corrected chi connectivity index (χ0v) is 20.3. The standard InChI is InChI=1S/C25H23Cl2N3O4/c1-15-4-5-16(2)21(10-15)29-23(31)14-34-24-20(27)11-17(12-22(24)33-3)13-28-30-25(32)18-6-8-19(26)9-7-18/h4-13H,14H2,1-3H3,(H,29,31)(H,30,32)/b28-13+. The van der Waals surface area contributed by atoms with Crippen molar-refractivity contribution in [1.29, 1.82) is 0 Å². The van der Waals surface area contributed by atoms with Gasteiger partial charge in [-0.2, -0.15) is 5.10 Å². The van der Waals surface area contributed by atoms with Gasteiger partial charge in [-0.25, -0.2) is 5.43 Å². The topological polar surface area (TPSA) is 89.0 Å². The Kier molecular flexibility index (Phi) is 8.51. The smallest absolute Gasteiger partial charge is 0.271 e. The second-order valence-corrected chi connectivity index (χ2v) is 8.24. The minimum atomic E-state index is -0.388. The lowest BCUT2D eigenvalue weighted by molar-refractivity contribution is -0.118. The molecule has 0 aliphatic carbocycles. The highest BCUT2D eigenvalue weighted by Crippen LogP contribution is 2.36. The Morgan fingerprint density at radius 2 is 1.76 bits per heavy atom. The number of carbonyl (C=O) groups excluding carboxylic acids is 2. The van der Waals surface area contributed by atoms with Gasteiger partial charge in [0.05, 0.1) is 18.3 Å². The molecule has 3 aromatic carbocycles. The maximum absolute atomic E-state index is 12.4. The zero-order valence-electron chi connectivity index (χ0n) is 18.8. The fraction of sp³-hybridized carbons (Fsp3) is 0.160. The van der Waals surface area contributed by atoms with Crippen molar-refractivity contribution >= 4 is 46.9 Å². The van der Waals surface area contributed by atoms with Crippen LogP contribution in [-0.2, 0) is 4.79 Å². The molecule has 0 saturated heterocycles. The molecular formula is C25H23Cl2N3O4. The molecule has 34 heavy (non-hydrogen) atoms. The van der Waals surface area contributed by atoms with Crippen LogP contribution < -0.4 is 20.2 Å². The minimum Gasteiger partial charge on any atom is -0.493 e. The van der Waals surface area contributed by atoms with Gasteiger partial charge >= 0.3 is 0 Å². The van der Waals surface area contributed by atoms with E-state index in [1.165, 1.54) is 13.3 Å². The average Bonchev–Trinajstić information content (AvgIpc) is 2.80. The van der Waals surface area contributed by atoms with Gasteiger partial charge in [-0.1, -0.05) is 35.3 Å². The molecule has 0 aromatic heterocycles. The second-order valence-electron chi connectivity index (χ2n) is 7.40. The maximum Gasteiger partial charge on any atom is 0.271 e. The van der Waals surface area contributed by atoms with Gasteiger partial charge in [0, 0.05) is 16.3 Å². The van der Waals surface area contributed by atoms with E-state index in [1.54, 1.807) is 36.4 Å². The lowest BCUT2D eigenvalue weighted by Crippen LogP contribution is -2.21. The van der Waals surface area contributed by atoms with E-state index in [0.29, 0.717) is 21.9 Å². The predicted octanol–water partition coefficient (Wildman–Crippen LogP) is 5.40. The third-order valence-corrected chi connectivity index (χ3v) is 5.29. The van der Waals surface area contributed by atoms with Crippen LogP contribution in [0.3, 0.4) is 0 Å². The molecule has 0 heterocycles. The van der Waals surface area contributed by atoms with Crippen LogP contribution in [0.4, 0.5) is 5.69 Å². The van der Waals surface area contributed by atoms with Crippen molar-refractivity contribution in [2.75, 3.05) is 19.0 Å². The summed E-state index contributed by atoms with van der Waals surface area (Å²) in [5.74, 6) is -0.177. The number of methoxy groups -OCH3 is 1. The molecule has 176 valence electrons. The molecule has 0 bridgehead atoms. The van der Waals surface area contributed by atoms with E-state index in [4.69, 9.17) is 32.7 Å². The van der Waals surface area contributed by atoms with Gasteiger partial charge in [-0.15, -0.1) is 0 Å². The Bertz CT molecular complexity index is 1230. The molecule has 0 saturated carbocycles. The van der Waals surface area contributed by atoms with E-state index in [9.17, 15) is 9.59 Å². The summed E-state index contributed by atoms with van der Waals surface area (Å²) in [5, 5.41) is 7.53. The molecule has 2 amide bonds. The SMILES string of the molecule is COc1cc(/C=N/NC(=O)c2ccc(Cl)cc2)cc(Cl)c1OCC(=O)Nc1cc(C)ccc1C. The normalized spacial score (nSPS) is 10.7. The van der Waals surface area contributed by atoms with Crippen LogP contribution in [0.15, 0.2) is 59.7 Å². The van der Waals surface area contributed by atoms with Crippen molar-refractivity contribution in [1.82, 2.24) is 5.43 Å². The van der Waals surface area contributed by atoms with Crippen LogP contribution in [0.1, 0.15) is 27.0 Å². The first kappa shape index (κ1) is 25.1.